The summed E-state index contributed by atoms with van der Waals surface area (Å²) in [6, 6.07) is 7.61. The topological polar surface area (TPSA) is 52.3 Å². The van der Waals surface area contributed by atoms with Crippen molar-refractivity contribution in [2.24, 2.45) is 5.73 Å². The molecule has 0 aliphatic rings. The fraction of sp³-hybridized carbons (Fsp3) is 0.357. The van der Waals surface area contributed by atoms with Gasteiger partial charge in [0.15, 0.2) is 6.10 Å². The van der Waals surface area contributed by atoms with Crippen LogP contribution < -0.4 is 10.5 Å². The molecule has 1 atom stereocenters. The maximum absolute atomic E-state index is 11.0. The largest absolute Gasteiger partial charge is 0.480 e. The van der Waals surface area contributed by atoms with Gasteiger partial charge in [-0.15, -0.1) is 0 Å². The van der Waals surface area contributed by atoms with Gasteiger partial charge in [-0.2, -0.15) is 0 Å². The van der Waals surface area contributed by atoms with Crippen LogP contribution in [0, 0.1) is 0 Å². The molecule has 2 N–H and O–H groups in total. The van der Waals surface area contributed by atoms with Crippen molar-refractivity contribution in [2.75, 3.05) is 0 Å². The standard InChI is InChI=1S/C14H19NO2/c1-3-4-5-8-12-9-6-7-10-13(12)17-11(2)14(15)16/h5-11H,3-4H2,1-2H3,(H2,15,16)/b8-5+. The van der Waals surface area contributed by atoms with Crippen LogP contribution >= 0.6 is 0 Å². The molecule has 0 spiro atoms. The number of ether oxygens (including phenoxy) is 1. The predicted molar refractivity (Wildman–Crippen MR) is 69.7 cm³/mol. The fourth-order valence-corrected chi connectivity index (χ4v) is 1.35. The number of benzene rings is 1. The summed E-state index contributed by atoms with van der Waals surface area (Å²) in [4.78, 5) is 11.0. The Bertz CT molecular complexity index is 399. The van der Waals surface area contributed by atoms with Crippen molar-refractivity contribution in [3.05, 3.63) is 35.9 Å². The van der Waals surface area contributed by atoms with Crippen LogP contribution in [0.3, 0.4) is 0 Å². The molecule has 0 heterocycles. The van der Waals surface area contributed by atoms with Gasteiger partial charge in [0.2, 0.25) is 0 Å². The van der Waals surface area contributed by atoms with Crippen LogP contribution in [0.5, 0.6) is 5.75 Å². The van der Waals surface area contributed by atoms with Crippen molar-refractivity contribution in [1.82, 2.24) is 0 Å². The molecule has 92 valence electrons. The van der Waals surface area contributed by atoms with Crippen LogP contribution in [0.2, 0.25) is 0 Å². The molecule has 0 radical (unpaired) electrons. The maximum Gasteiger partial charge on any atom is 0.258 e. The number of para-hydroxylation sites is 1. The Kier molecular flexibility index (Phi) is 5.27. The first kappa shape index (κ1) is 13.3. The van der Waals surface area contributed by atoms with E-state index in [-0.39, 0.29) is 0 Å². The van der Waals surface area contributed by atoms with E-state index in [0.717, 1.165) is 18.4 Å². The fourth-order valence-electron chi connectivity index (χ4n) is 1.35. The summed E-state index contributed by atoms with van der Waals surface area (Å²) in [5.74, 6) is 0.225. The molecule has 0 aromatic heterocycles. The number of unbranched alkanes of at least 4 members (excludes halogenated alkanes) is 1. The van der Waals surface area contributed by atoms with Crippen molar-refractivity contribution in [3.8, 4) is 5.75 Å². The van der Waals surface area contributed by atoms with E-state index < -0.39 is 12.0 Å². The second-order valence-corrected chi connectivity index (χ2v) is 3.89. The molecule has 0 saturated carbocycles. The van der Waals surface area contributed by atoms with Gasteiger partial charge in [0.25, 0.3) is 5.91 Å². The monoisotopic (exact) mass is 233 g/mol. The van der Waals surface area contributed by atoms with Crippen LogP contribution in [0.1, 0.15) is 32.3 Å². The molecule has 0 aliphatic carbocycles. The zero-order valence-corrected chi connectivity index (χ0v) is 10.3. The van der Waals surface area contributed by atoms with E-state index in [1.165, 1.54) is 0 Å². The van der Waals surface area contributed by atoms with Gasteiger partial charge in [-0.3, -0.25) is 4.79 Å². The van der Waals surface area contributed by atoms with Crippen molar-refractivity contribution in [2.45, 2.75) is 32.8 Å². The van der Waals surface area contributed by atoms with Gasteiger partial charge in [-0.25, -0.2) is 0 Å². The van der Waals surface area contributed by atoms with E-state index in [0.29, 0.717) is 5.75 Å². The number of hydrogen-bond donors (Lipinski definition) is 1. The van der Waals surface area contributed by atoms with E-state index in [2.05, 4.69) is 13.0 Å². The lowest BCUT2D eigenvalue weighted by molar-refractivity contribution is -0.123. The molecule has 17 heavy (non-hydrogen) atoms. The summed E-state index contributed by atoms with van der Waals surface area (Å²) in [6.45, 7) is 3.77. The lowest BCUT2D eigenvalue weighted by Crippen LogP contribution is -2.30. The Labute approximate surface area is 102 Å². The van der Waals surface area contributed by atoms with E-state index >= 15 is 0 Å². The number of rotatable bonds is 6. The first-order valence-electron chi connectivity index (χ1n) is 5.86. The van der Waals surface area contributed by atoms with Crippen molar-refractivity contribution in [1.29, 1.82) is 0 Å². The van der Waals surface area contributed by atoms with Gasteiger partial charge in [-0.1, -0.05) is 43.7 Å². The molecule has 0 fully saturated rings. The molecular weight excluding hydrogens is 214 g/mol. The molecule has 1 rings (SSSR count). The first-order chi connectivity index (χ1) is 8.15. The maximum atomic E-state index is 11.0. The van der Waals surface area contributed by atoms with Crippen LogP contribution in [-0.4, -0.2) is 12.0 Å². The van der Waals surface area contributed by atoms with Crippen molar-refractivity contribution >= 4 is 12.0 Å². The average Bonchev–Trinajstić information content (AvgIpc) is 2.31. The summed E-state index contributed by atoms with van der Waals surface area (Å²) in [6.07, 6.45) is 5.62. The van der Waals surface area contributed by atoms with Crippen LogP contribution in [0.15, 0.2) is 30.3 Å². The van der Waals surface area contributed by atoms with Gasteiger partial charge in [0.1, 0.15) is 5.75 Å². The second kappa shape index (κ2) is 6.74. The van der Waals surface area contributed by atoms with Gasteiger partial charge in [-0.05, 0) is 19.4 Å². The molecule has 1 amide bonds. The zero-order valence-electron chi connectivity index (χ0n) is 10.3. The normalized spacial score (nSPS) is 12.6. The quantitative estimate of drug-likeness (QED) is 0.821. The number of allylic oxidation sites excluding steroid dienone is 1. The minimum absolute atomic E-state index is 0.461. The van der Waals surface area contributed by atoms with Gasteiger partial charge in [0.05, 0.1) is 0 Å². The Hall–Kier alpha value is -1.77. The first-order valence-corrected chi connectivity index (χ1v) is 5.86. The summed E-state index contributed by atoms with van der Waals surface area (Å²) >= 11 is 0. The Morgan fingerprint density at radius 2 is 2.18 bits per heavy atom. The van der Waals surface area contributed by atoms with Crippen molar-refractivity contribution in [3.63, 3.8) is 0 Å². The lowest BCUT2D eigenvalue weighted by atomic mass is 10.1. The summed E-state index contributed by atoms with van der Waals surface area (Å²) in [7, 11) is 0. The number of primary amides is 1. The Morgan fingerprint density at radius 1 is 1.47 bits per heavy atom. The van der Waals surface area contributed by atoms with Crippen LogP contribution in [0.25, 0.3) is 6.08 Å². The highest BCUT2D eigenvalue weighted by molar-refractivity contribution is 5.78. The molecular formula is C14H19NO2. The minimum Gasteiger partial charge on any atom is -0.480 e. The van der Waals surface area contributed by atoms with E-state index in [1.54, 1.807) is 6.92 Å². The molecule has 3 heteroatoms. The Morgan fingerprint density at radius 3 is 2.82 bits per heavy atom. The summed E-state index contributed by atoms with van der Waals surface area (Å²) < 4.78 is 5.51. The smallest absolute Gasteiger partial charge is 0.258 e. The highest BCUT2D eigenvalue weighted by atomic mass is 16.5. The number of carbonyl (C=O) groups is 1. The molecule has 0 aliphatic heterocycles. The molecule has 1 aromatic carbocycles. The third kappa shape index (κ3) is 4.31. The summed E-state index contributed by atoms with van der Waals surface area (Å²) in [5, 5.41) is 0. The second-order valence-electron chi connectivity index (χ2n) is 3.89. The van der Waals surface area contributed by atoms with Gasteiger partial charge < -0.3 is 10.5 Å². The van der Waals surface area contributed by atoms with Gasteiger partial charge >= 0.3 is 0 Å². The van der Waals surface area contributed by atoms with Crippen molar-refractivity contribution < 1.29 is 9.53 Å². The zero-order chi connectivity index (χ0) is 12.7. The predicted octanol–water partition coefficient (Wildman–Crippen LogP) is 2.75. The van der Waals surface area contributed by atoms with Gasteiger partial charge in [0, 0.05) is 5.56 Å². The third-order valence-corrected chi connectivity index (χ3v) is 2.38. The van der Waals surface area contributed by atoms with E-state index in [1.807, 2.05) is 30.3 Å². The number of hydrogen-bond acceptors (Lipinski definition) is 2. The molecule has 1 unspecified atom stereocenters. The summed E-state index contributed by atoms with van der Waals surface area (Å²) in [5.41, 5.74) is 6.14. The number of amides is 1. The molecule has 0 bridgehead atoms. The average molecular weight is 233 g/mol. The third-order valence-electron chi connectivity index (χ3n) is 2.38. The highest BCUT2D eigenvalue weighted by Crippen LogP contribution is 2.21. The number of carbonyl (C=O) groups excluding carboxylic acids is 1. The number of nitrogens with two attached hydrogens (primary N) is 1. The van der Waals surface area contributed by atoms with E-state index in [9.17, 15) is 4.79 Å². The molecule has 3 nitrogen and oxygen atoms in total. The Balaban J connectivity index is 2.80. The SMILES string of the molecule is CCC/C=C/c1ccccc1OC(C)C(N)=O. The highest BCUT2D eigenvalue weighted by Gasteiger charge is 2.11. The lowest BCUT2D eigenvalue weighted by Gasteiger charge is -2.13. The molecule has 1 aromatic rings. The minimum atomic E-state index is -0.615. The molecule has 0 saturated heterocycles. The van der Waals surface area contributed by atoms with Crippen LogP contribution in [-0.2, 0) is 4.79 Å². The van der Waals surface area contributed by atoms with E-state index in [4.69, 9.17) is 10.5 Å². The van der Waals surface area contributed by atoms with Crippen LogP contribution in [0.4, 0.5) is 0 Å².